The standard InChI is InChI=1S/C25H21NO4/c27-22(28)15-8-16-29-21-14-7-13-20(17-21)25-26-23(18-9-3-1-4-10-18)24(30-25)19-11-5-2-6-12-19/h1-7,9-14,17H,8,15-16H2,(H,27,28). The van der Waals surface area contributed by atoms with Gasteiger partial charge >= 0.3 is 5.97 Å². The number of hydrogen-bond acceptors (Lipinski definition) is 4. The van der Waals surface area contributed by atoms with E-state index in [1.165, 1.54) is 0 Å². The van der Waals surface area contributed by atoms with Crippen molar-refractivity contribution < 1.29 is 19.1 Å². The number of carboxylic acids is 1. The van der Waals surface area contributed by atoms with Gasteiger partial charge in [-0.1, -0.05) is 66.7 Å². The number of aromatic nitrogens is 1. The van der Waals surface area contributed by atoms with Gasteiger partial charge in [-0.2, -0.15) is 0 Å². The lowest BCUT2D eigenvalue weighted by molar-refractivity contribution is -0.137. The summed E-state index contributed by atoms with van der Waals surface area (Å²) < 4.78 is 11.9. The van der Waals surface area contributed by atoms with Crippen LogP contribution in [0, 0.1) is 0 Å². The topological polar surface area (TPSA) is 72.6 Å². The summed E-state index contributed by atoms with van der Waals surface area (Å²) in [6.45, 7) is 0.339. The molecule has 0 saturated carbocycles. The Morgan fingerprint density at radius 1 is 0.867 bits per heavy atom. The van der Waals surface area contributed by atoms with E-state index in [0.29, 0.717) is 30.4 Å². The molecule has 4 rings (SSSR count). The summed E-state index contributed by atoms with van der Waals surface area (Å²) in [6, 6.07) is 27.3. The normalized spacial score (nSPS) is 10.7. The molecule has 0 radical (unpaired) electrons. The van der Waals surface area contributed by atoms with Crippen LogP contribution in [-0.2, 0) is 4.79 Å². The van der Waals surface area contributed by atoms with E-state index >= 15 is 0 Å². The van der Waals surface area contributed by atoms with Gasteiger partial charge in [-0.25, -0.2) is 4.98 Å². The Kier molecular flexibility index (Phi) is 5.90. The highest BCUT2D eigenvalue weighted by atomic mass is 16.5. The van der Waals surface area contributed by atoms with Crippen LogP contribution in [0.4, 0.5) is 0 Å². The quantitative estimate of drug-likeness (QED) is 0.372. The van der Waals surface area contributed by atoms with Crippen LogP contribution in [-0.4, -0.2) is 22.7 Å². The van der Waals surface area contributed by atoms with Gasteiger partial charge in [-0.3, -0.25) is 4.79 Å². The van der Waals surface area contributed by atoms with Crippen LogP contribution in [0.15, 0.2) is 89.3 Å². The minimum atomic E-state index is -0.825. The minimum absolute atomic E-state index is 0.0836. The average molecular weight is 399 g/mol. The molecule has 0 saturated heterocycles. The highest BCUT2D eigenvalue weighted by Gasteiger charge is 2.18. The number of carboxylic acid groups (broad SMARTS) is 1. The van der Waals surface area contributed by atoms with Gasteiger partial charge in [-0.05, 0) is 24.6 Å². The van der Waals surface area contributed by atoms with E-state index in [2.05, 4.69) is 0 Å². The van der Waals surface area contributed by atoms with E-state index in [9.17, 15) is 4.79 Å². The lowest BCUT2D eigenvalue weighted by atomic mass is 10.1. The molecule has 1 N–H and O–H groups in total. The molecule has 0 bridgehead atoms. The zero-order valence-corrected chi connectivity index (χ0v) is 16.3. The first-order valence-corrected chi connectivity index (χ1v) is 9.77. The third kappa shape index (κ3) is 4.58. The van der Waals surface area contributed by atoms with E-state index in [0.717, 1.165) is 22.4 Å². The van der Waals surface area contributed by atoms with E-state index in [1.807, 2.05) is 84.9 Å². The van der Waals surface area contributed by atoms with Crippen LogP contribution < -0.4 is 4.74 Å². The highest BCUT2D eigenvalue weighted by Crippen LogP contribution is 2.36. The average Bonchev–Trinajstić information content (AvgIpc) is 3.24. The number of benzene rings is 3. The van der Waals surface area contributed by atoms with Crippen molar-refractivity contribution in [1.82, 2.24) is 4.98 Å². The van der Waals surface area contributed by atoms with Crippen molar-refractivity contribution >= 4 is 5.97 Å². The molecule has 0 atom stereocenters. The summed E-state index contributed by atoms with van der Waals surface area (Å²) >= 11 is 0. The SMILES string of the molecule is O=C(O)CCCOc1cccc(-c2nc(-c3ccccc3)c(-c3ccccc3)o2)c1. The molecule has 1 heterocycles. The minimum Gasteiger partial charge on any atom is -0.494 e. The summed E-state index contributed by atoms with van der Waals surface area (Å²) in [5.74, 6) is 1.04. The second-order valence-corrected chi connectivity index (χ2v) is 6.80. The molecule has 0 fully saturated rings. The first kappa shape index (κ1) is 19.5. The number of oxazole rings is 1. The number of aliphatic carboxylic acids is 1. The fourth-order valence-electron chi connectivity index (χ4n) is 3.15. The first-order chi connectivity index (χ1) is 14.7. The van der Waals surface area contributed by atoms with Gasteiger partial charge in [0, 0.05) is 23.1 Å². The molecular formula is C25H21NO4. The molecule has 1 aromatic heterocycles. The molecule has 30 heavy (non-hydrogen) atoms. The van der Waals surface area contributed by atoms with E-state index in [-0.39, 0.29) is 6.42 Å². The largest absolute Gasteiger partial charge is 0.494 e. The molecule has 150 valence electrons. The Balaban J connectivity index is 1.66. The Morgan fingerprint density at radius 2 is 1.53 bits per heavy atom. The second kappa shape index (κ2) is 9.09. The summed E-state index contributed by atoms with van der Waals surface area (Å²) in [6.07, 6.45) is 0.537. The molecule has 4 aromatic rings. The Hall–Kier alpha value is -3.86. The van der Waals surface area contributed by atoms with Crippen LogP contribution in [0.2, 0.25) is 0 Å². The molecule has 0 amide bonds. The van der Waals surface area contributed by atoms with E-state index in [1.54, 1.807) is 0 Å². The van der Waals surface area contributed by atoms with Crippen molar-refractivity contribution in [3.8, 4) is 39.8 Å². The van der Waals surface area contributed by atoms with Gasteiger partial charge in [0.25, 0.3) is 0 Å². The highest BCUT2D eigenvalue weighted by molar-refractivity contribution is 5.79. The molecule has 0 aliphatic carbocycles. The number of nitrogens with zero attached hydrogens (tertiary/aromatic N) is 1. The monoisotopic (exact) mass is 399 g/mol. The Labute approximate surface area is 174 Å². The number of ether oxygens (including phenoxy) is 1. The predicted molar refractivity (Wildman–Crippen MR) is 115 cm³/mol. The Morgan fingerprint density at radius 3 is 2.23 bits per heavy atom. The Bertz CT molecular complexity index is 1060. The summed E-state index contributed by atoms with van der Waals surface area (Å²) in [5.41, 5.74) is 3.51. The van der Waals surface area contributed by atoms with Crippen LogP contribution in [0.1, 0.15) is 12.8 Å². The second-order valence-electron chi connectivity index (χ2n) is 6.80. The van der Waals surface area contributed by atoms with Gasteiger partial charge < -0.3 is 14.3 Å². The molecule has 3 aromatic carbocycles. The maximum absolute atomic E-state index is 10.6. The van der Waals surface area contributed by atoms with E-state index in [4.69, 9.17) is 19.2 Å². The smallest absolute Gasteiger partial charge is 0.303 e. The lowest BCUT2D eigenvalue weighted by Crippen LogP contribution is -2.02. The molecular weight excluding hydrogens is 378 g/mol. The predicted octanol–water partition coefficient (Wildman–Crippen LogP) is 5.92. The van der Waals surface area contributed by atoms with Crippen molar-refractivity contribution in [3.63, 3.8) is 0 Å². The van der Waals surface area contributed by atoms with Crippen molar-refractivity contribution in [2.75, 3.05) is 6.61 Å². The van der Waals surface area contributed by atoms with E-state index < -0.39 is 5.97 Å². The third-order valence-corrected chi connectivity index (χ3v) is 4.60. The molecule has 0 aliphatic heterocycles. The van der Waals surface area contributed by atoms with Crippen molar-refractivity contribution in [1.29, 1.82) is 0 Å². The number of carbonyl (C=O) groups is 1. The maximum atomic E-state index is 10.6. The van der Waals surface area contributed by atoms with Crippen LogP contribution in [0.5, 0.6) is 5.75 Å². The van der Waals surface area contributed by atoms with Gasteiger partial charge in [0.15, 0.2) is 5.76 Å². The van der Waals surface area contributed by atoms with Crippen molar-refractivity contribution in [2.24, 2.45) is 0 Å². The summed E-state index contributed by atoms with van der Waals surface area (Å²) in [7, 11) is 0. The molecule has 5 heteroatoms. The molecule has 0 spiro atoms. The number of rotatable bonds is 8. The van der Waals surface area contributed by atoms with Crippen LogP contribution in [0.25, 0.3) is 34.0 Å². The first-order valence-electron chi connectivity index (χ1n) is 9.77. The zero-order chi connectivity index (χ0) is 20.8. The van der Waals surface area contributed by atoms with Crippen molar-refractivity contribution in [2.45, 2.75) is 12.8 Å². The van der Waals surface area contributed by atoms with Gasteiger partial charge in [0.2, 0.25) is 5.89 Å². The molecule has 0 aliphatic rings. The van der Waals surface area contributed by atoms with Crippen molar-refractivity contribution in [3.05, 3.63) is 84.9 Å². The zero-order valence-electron chi connectivity index (χ0n) is 16.3. The third-order valence-electron chi connectivity index (χ3n) is 4.60. The number of hydrogen-bond donors (Lipinski definition) is 1. The fraction of sp³-hybridized carbons (Fsp3) is 0.120. The maximum Gasteiger partial charge on any atom is 0.303 e. The van der Waals surface area contributed by atoms with Crippen LogP contribution >= 0.6 is 0 Å². The molecule has 0 unspecified atom stereocenters. The fourth-order valence-corrected chi connectivity index (χ4v) is 3.15. The lowest BCUT2D eigenvalue weighted by Gasteiger charge is -2.06. The van der Waals surface area contributed by atoms with Crippen LogP contribution in [0.3, 0.4) is 0 Å². The van der Waals surface area contributed by atoms with Gasteiger partial charge in [0.05, 0.1) is 6.61 Å². The summed E-state index contributed by atoms with van der Waals surface area (Å²) in [5, 5.41) is 8.74. The molecule has 5 nitrogen and oxygen atoms in total. The van der Waals surface area contributed by atoms with Gasteiger partial charge in [0.1, 0.15) is 11.4 Å². The van der Waals surface area contributed by atoms with Gasteiger partial charge in [-0.15, -0.1) is 0 Å². The summed E-state index contributed by atoms with van der Waals surface area (Å²) in [4.78, 5) is 15.4.